The van der Waals surface area contributed by atoms with Gasteiger partial charge in [-0.05, 0) is 0 Å². The largest absolute Gasteiger partial charge is 0.329 e. The molecule has 0 saturated carbocycles. The Kier molecular flexibility index (Phi) is 14.0. The number of halogens is 3. The van der Waals surface area contributed by atoms with Crippen molar-refractivity contribution in [1.29, 1.82) is 0 Å². The van der Waals surface area contributed by atoms with Crippen molar-refractivity contribution in [2.75, 3.05) is 37.9 Å². The van der Waals surface area contributed by atoms with Crippen LogP contribution in [0.2, 0.25) is 0 Å². The Labute approximate surface area is 84.4 Å². The molecule has 0 spiro atoms. The Bertz CT molecular complexity index is 58.6. The van der Waals surface area contributed by atoms with Crippen LogP contribution >= 0.6 is 35.6 Å². The zero-order valence-electron chi connectivity index (χ0n) is 6.43. The summed E-state index contributed by atoms with van der Waals surface area (Å²) in [6, 6.07) is 0. The van der Waals surface area contributed by atoms with Crippen molar-refractivity contribution in [3.63, 3.8) is 0 Å². The molecule has 2 N–H and O–H groups in total. The second-order valence-corrected chi connectivity index (χ2v) is 2.76. The number of rotatable bonds is 6. The summed E-state index contributed by atoms with van der Waals surface area (Å²) >= 11 is 11.1. The van der Waals surface area contributed by atoms with Crippen LogP contribution < -0.4 is 5.73 Å². The van der Waals surface area contributed by atoms with Crippen LogP contribution in [0.5, 0.6) is 0 Å². The van der Waals surface area contributed by atoms with Crippen LogP contribution in [0.25, 0.3) is 0 Å². The molecule has 0 bridgehead atoms. The highest BCUT2D eigenvalue weighted by Crippen LogP contribution is 1.89. The van der Waals surface area contributed by atoms with Crippen LogP contribution in [0, 0.1) is 0 Å². The molecule has 0 rings (SSSR count). The van der Waals surface area contributed by atoms with E-state index in [-0.39, 0.29) is 12.4 Å². The fourth-order valence-electron chi connectivity index (χ4n) is 0.757. The Morgan fingerprint density at radius 3 is 1.73 bits per heavy atom. The van der Waals surface area contributed by atoms with Gasteiger partial charge in [0.2, 0.25) is 0 Å². The highest BCUT2D eigenvalue weighted by molar-refractivity contribution is 6.18. The average molecular weight is 222 g/mol. The van der Waals surface area contributed by atoms with Gasteiger partial charge in [-0.25, -0.2) is 0 Å². The molecular weight excluding hydrogens is 206 g/mol. The maximum absolute atomic E-state index is 5.54. The van der Waals surface area contributed by atoms with Gasteiger partial charge >= 0.3 is 0 Å². The summed E-state index contributed by atoms with van der Waals surface area (Å²) in [4.78, 5) is 2.15. The van der Waals surface area contributed by atoms with Crippen molar-refractivity contribution < 1.29 is 0 Å². The van der Waals surface area contributed by atoms with Gasteiger partial charge in [0.05, 0.1) is 0 Å². The topological polar surface area (TPSA) is 29.3 Å². The Hall–Kier alpha value is 0.790. The Morgan fingerprint density at radius 1 is 1.00 bits per heavy atom. The molecule has 0 amide bonds. The van der Waals surface area contributed by atoms with E-state index in [0.29, 0.717) is 18.3 Å². The lowest BCUT2D eigenvalue weighted by Gasteiger charge is -2.18. The fraction of sp³-hybridized carbons (Fsp3) is 1.00. The van der Waals surface area contributed by atoms with Gasteiger partial charge in [-0.15, -0.1) is 35.6 Å². The van der Waals surface area contributed by atoms with Crippen LogP contribution in [0.15, 0.2) is 0 Å². The first kappa shape index (κ1) is 14.3. The van der Waals surface area contributed by atoms with Crippen LogP contribution in [0.3, 0.4) is 0 Å². The van der Waals surface area contributed by atoms with Gasteiger partial charge in [-0.2, -0.15) is 0 Å². The summed E-state index contributed by atoms with van der Waals surface area (Å²) in [5.74, 6) is 1.30. The molecule has 0 aliphatic rings. The zero-order valence-corrected chi connectivity index (χ0v) is 8.76. The normalized spacial score (nSPS) is 9.82. The minimum atomic E-state index is 0. The molecule has 5 heteroatoms. The first-order valence-corrected chi connectivity index (χ1v) is 4.46. The summed E-state index contributed by atoms with van der Waals surface area (Å²) in [7, 11) is 0. The minimum Gasteiger partial charge on any atom is -0.329 e. The highest BCUT2D eigenvalue weighted by atomic mass is 35.5. The van der Waals surface area contributed by atoms with Crippen LogP contribution in [-0.2, 0) is 0 Å². The molecule has 0 aromatic rings. The highest BCUT2D eigenvalue weighted by Gasteiger charge is 1.99. The summed E-state index contributed by atoms with van der Waals surface area (Å²) < 4.78 is 0. The van der Waals surface area contributed by atoms with Gasteiger partial charge in [0.25, 0.3) is 0 Å². The van der Waals surface area contributed by atoms with Crippen molar-refractivity contribution in [3.8, 4) is 0 Å². The zero-order chi connectivity index (χ0) is 7.82. The van der Waals surface area contributed by atoms with Crippen molar-refractivity contribution in [2.24, 2.45) is 5.73 Å². The molecule has 0 saturated heterocycles. The van der Waals surface area contributed by atoms with E-state index in [1.807, 2.05) is 0 Å². The van der Waals surface area contributed by atoms with Crippen molar-refractivity contribution in [3.05, 3.63) is 0 Å². The van der Waals surface area contributed by atoms with Gasteiger partial charge in [0, 0.05) is 37.9 Å². The lowest BCUT2D eigenvalue weighted by molar-refractivity contribution is 0.316. The maximum atomic E-state index is 5.54. The standard InChI is InChI=1S/C6H14Cl2N2.ClH/c7-1-4-10(5-2-8)6-3-9;/h1-6,9H2;1H. The monoisotopic (exact) mass is 220 g/mol. The van der Waals surface area contributed by atoms with Crippen LogP contribution in [-0.4, -0.2) is 42.8 Å². The van der Waals surface area contributed by atoms with Gasteiger partial charge in [-0.3, -0.25) is 4.90 Å². The second-order valence-electron chi connectivity index (χ2n) is 2.01. The van der Waals surface area contributed by atoms with E-state index >= 15 is 0 Å². The van der Waals surface area contributed by atoms with Crippen molar-refractivity contribution in [2.45, 2.75) is 0 Å². The molecule has 0 fully saturated rings. The molecule has 0 aromatic heterocycles. The minimum absolute atomic E-state index is 0. The number of hydrogen-bond donors (Lipinski definition) is 1. The molecular formula is C6H15Cl3N2. The molecule has 0 radical (unpaired) electrons. The maximum Gasteiger partial charge on any atom is 0.0351 e. The molecule has 0 aliphatic carbocycles. The molecule has 70 valence electrons. The van der Waals surface area contributed by atoms with Crippen molar-refractivity contribution in [1.82, 2.24) is 4.90 Å². The third-order valence-electron chi connectivity index (χ3n) is 1.25. The summed E-state index contributed by atoms with van der Waals surface area (Å²) in [5.41, 5.74) is 5.36. The lowest BCUT2D eigenvalue weighted by atomic mass is 10.5. The third kappa shape index (κ3) is 8.70. The van der Waals surface area contributed by atoms with E-state index < -0.39 is 0 Å². The first-order valence-electron chi connectivity index (χ1n) is 3.39. The van der Waals surface area contributed by atoms with E-state index in [4.69, 9.17) is 28.9 Å². The number of nitrogens with two attached hydrogens (primary N) is 1. The van der Waals surface area contributed by atoms with E-state index in [1.54, 1.807) is 0 Å². The fourth-order valence-corrected chi connectivity index (χ4v) is 1.24. The van der Waals surface area contributed by atoms with Gasteiger partial charge in [0.15, 0.2) is 0 Å². The molecule has 0 unspecified atom stereocenters. The number of alkyl halides is 2. The summed E-state index contributed by atoms with van der Waals surface area (Å²) in [6.45, 7) is 3.32. The van der Waals surface area contributed by atoms with Gasteiger partial charge in [0.1, 0.15) is 0 Å². The van der Waals surface area contributed by atoms with Gasteiger partial charge < -0.3 is 5.73 Å². The van der Waals surface area contributed by atoms with E-state index in [0.717, 1.165) is 19.6 Å². The van der Waals surface area contributed by atoms with Crippen LogP contribution in [0.1, 0.15) is 0 Å². The molecule has 0 aromatic carbocycles. The molecule has 0 aliphatic heterocycles. The smallest absolute Gasteiger partial charge is 0.0351 e. The van der Waals surface area contributed by atoms with Crippen molar-refractivity contribution >= 4 is 35.6 Å². The first-order chi connectivity index (χ1) is 4.85. The number of hydrogen-bond acceptors (Lipinski definition) is 2. The molecule has 0 atom stereocenters. The van der Waals surface area contributed by atoms with Crippen LogP contribution in [0.4, 0.5) is 0 Å². The SMILES string of the molecule is Cl.NCCN(CCCl)CCCl. The predicted octanol–water partition coefficient (Wildman–Crippen LogP) is 1.15. The third-order valence-corrected chi connectivity index (χ3v) is 1.58. The lowest BCUT2D eigenvalue weighted by Crippen LogP contribution is -2.32. The molecule has 11 heavy (non-hydrogen) atoms. The van der Waals surface area contributed by atoms with E-state index in [9.17, 15) is 0 Å². The Morgan fingerprint density at radius 2 is 1.45 bits per heavy atom. The quantitative estimate of drug-likeness (QED) is 0.682. The second kappa shape index (κ2) is 10.8. The van der Waals surface area contributed by atoms with E-state index in [1.165, 1.54) is 0 Å². The number of nitrogens with zero attached hydrogens (tertiary/aromatic N) is 1. The average Bonchev–Trinajstić information content (AvgIpc) is 1.90. The predicted molar refractivity (Wildman–Crippen MR) is 54.2 cm³/mol. The Balaban J connectivity index is 0. The summed E-state index contributed by atoms with van der Waals surface area (Å²) in [6.07, 6.45) is 0. The molecule has 0 heterocycles. The molecule has 2 nitrogen and oxygen atoms in total. The van der Waals surface area contributed by atoms with E-state index in [2.05, 4.69) is 4.90 Å². The summed E-state index contributed by atoms with van der Waals surface area (Å²) in [5, 5.41) is 0. The van der Waals surface area contributed by atoms with Gasteiger partial charge in [-0.1, -0.05) is 0 Å².